The highest BCUT2D eigenvalue weighted by molar-refractivity contribution is 6.04. The molecule has 0 aromatic heterocycles. The SMILES string of the molecule is Cl.NC1C(=O)N(Cc2ccccc2)c2ccc([N+](=O)[O-])cc21. The van der Waals surface area contributed by atoms with Gasteiger partial charge in [-0.2, -0.15) is 0 Å². The summed E-state index contributed by atoms with van der Waals surface area (Å²) in [5.41, 5.74) is 7.95. The second kappa shape index (κ2) is 6.13. The topological polar surface area (TPSA) is 89.5 Å². The zero-order chi connectivity index (χ0) is 15.0. The van der Waals surface area contributed by atoms with E-state index in [2.05, 4.69) is 0 Å². The summed E-state index contributed by atoms with van der Waals surface area (Å²) in [6.07, 6.45) is 0. The number of nitrogens with zero attached hydrogens (tertiary/aromatic N) is 2. The maximum absolute atomic E-state index is 12.3. The van der Waals surface area contributed by atoms with Crippen molar-refractivity contribution in [2.24, 2.45) is 5.73 Å². The molecule has 0 radical (unpaired) electrons. The summed E-state index contributed by atoms with van der Waals surface area (Å²) in [5.74, 6) is -0.241. The van der Waals surface area contributed by atoms with E-state index in [9.17, 15) is 14.9 Å². The summed E-state index contributed by atoms with van der Waals surface area (Å²) in [5, 5.41) is 10.8. The van der Waals surface area contributed by atoms with E-state index < -0.39 is 11.0 Å². The highest BCUT2D eigenvalue weighted by Crippen LogP contribution is 2.37. The van der Waals surface area contributed by atoms with Gasteiger partial charge in [0.1, 0.15) is 6.04 Å². The number of nitro groups is 1. The Labute approximate surface area is 133 Å². The molecule has 0 aliphatic carbocycles. The number of rotatable bonds is 3. The second-order valence-electron chi connectivity index (χ2n) is 4.89. The third kappa shape index (κ3) is 2.66. The molecule has 0 saturated heterocycles. The average molecular weight is 320 g/mol. The number of anilines is 1. The van der Waals surface area contributed by atoms with Crippen LogP contribution < -0.4 is 10.6 Å². The number of carbonyl (C=O) groups is 1. The van der Waals surface area contributed by atoms with Crippen molar-refractivity contribution < 1.29 is 9.72 Å². The van der Waals surface area contributed by atoms with Gasteiger partial charge in [0.05, 0.1) is 11.5 Å². The van der Waals surface area contributed by atoms with Crippen LogP contribution in [0.2, 0.25) is 0 Å². The monoisotopic (exact) mass is 319 g/mol. The van der Waals surface area contributed by atoms with Crippen LogP contribution in [0.1, 0.15) is 17.2 Å². The van der Waals surface area contributed by atoms with E-state index in [1.165, 1.54) is 12.1 Å². The van der Waals surface area contributed by atoms with Gasteiger partial charge in [-0.05, 0) is 11.6 Å². The number of hydrogen-bond donors (Lipinski definition) is 1. The zero-order valence-electron chi connectivity index (χ0n) is 11.5. The molecule has 3 rings (SSSR count). The molecule has 0 bridgehead atoms. The second-order valence-corrected chi connectivity index (χ2v) is 4.89. The molecule has 22 heavy (non-hydrogen) atoms. The Bertz CT molecular complexity index is 721. The van der Waals surface area contributed by atoms with E-state index in [1.807, 2.05) is 30.3 Å². The summed E-state index contributed by atoms with van der Waals surface area (Å²) < 4.78 is 0. The maximum Gasteiger partial charge on any atom is 0.269 e. The van der Waals surface area contributed by atoms with Crippen LogP contribution in [0.5, 0.6) is 0 Å². The molecular weight excluding hydrogens is 306 g/mol. The molecule has 1 heterocycles. The molecule has 6 nitrogen and oxygen atoms in total. The van der Waals surface area contributed by atoms with Crippen LogP contribution in [0.25, 0.3) is 0 Å². The Morgan fingerprint density at radius 1 is 1.18 bits per heavy atom. The van der Waals surface area contributed by atoms with Gasteiger partial charge in [0.25, 0.3) is 5.69 Å². The van der Waals surface area contributed by atoms with Gasteiger partial charge in [0.15, 0.2) is 0 Å². The highest BCUT2D eigenvalue weighted by atomic mass is 35.5. The molecule has 1 atom stereocenters. The molecule has 1 aliphatic heterocycles. The number of benzene rings is 2. The van der Waals surface area contributed by atoms with Gasteiger partial charge < -0.3 is 10.6 Å². The Kier molecular flexibility index (Phi) is 4.44. The van der Waals surface area contributed by atoms with E-state index in [0.29, 0.717) is 17.8 Å². The van der Waals surface area contributed by atoms with Crippen LogP contribution >= 0.6 is 12.4 Å². The van der Waals surface area contributed by atoms with Gasteiger partial charge in [-0.3, -0.25) is 14.9 Å². The number of halogens is 1. The van der Waals surface area contributed by atoms with E-state index in [-0.39, 0.29) is 24.0 Å². The lowest BCUT2D eigenvalue weighted by molar-refractivity contribution is -0.384. The van der Waals surface area contributed by atoms with Crippen molar-refractivity contribution in [2.75, 3.05) is 4.90 Å². The van der Waals surface area contributed by atoms with Gasteiger partial charge in [0.2, 0.25) is 5.91 Å². The Morgan fingerprint density at radius 3 is 2.50 bits per heavy atom. The van der Waals surface area contributed by atoms with Crippen LogP contribution in [-0.2, 0) is 11.3 Å². The number of amides is 1. The number of carbonyl (C=O) groups excluding carboxylic acids is 1. The Morgan fingerprint density at radius 2 is 1.86 bits per heavy atom. The summed E-state index contributed by atoms with van der Waals surface area (Å²) >= 11 is 0. The third-order valence-corrected chi connectivity index (χ3v) is 3.56. The molecule has 2 aromatic carbocycles. The van der Waals surface area contributed by atoms with Crippen molar-refractivity contribution in [1.82, 2.24) is 0 Å². The zero-order valence-corrected chi connectivity index (χ0v) is 12.3. The number of fused-ring (bicyclic) bond motifs is 1. The molecule has 0 fully saturated rings. The van der Waals surface area contributed by atoms with Crippen molar-refractivity contribution in [1.29, 1.82) is 0 Å². The predicted molar refractivity (Wildman–Crippen MR) is 84.9 cm³/mol. The summed E-state index contributed by atoms with van der Waals surface area (Å²) in [4.78, 5) is 24.2. The van der Waals surface area contributed by atoms with E-state index in [1.54, 1.807) is 11.0 Å². The van der Waals surface area contributed by atoms with Crippen LogP contribution in [0.3, 0.4) is 0 Å². The average Bonchev–Trinajstić information content (AvgIpc) is 2.73. The van der Waals surface area contributed by atoms with Crippen molar-refractivity contribution in [2.45, 2.75) is 12.6 Å². The van der Waals surface area contributed by atoms with Crippen molar-refractivity contribution in [3.63, 3.8) is 0 Å². The Hall–Kier alpha value is -2.44. The first-order valence-corrected chi connectivity index (χ1v) is 6.47. The van der Waals surface area contributed by atoms with Gasteiger partial charge in [-0.25, -0.2) is 0 Å². The van der Waals surface area contributed by atoms with Crippen molar-refractivity contribution in [3.8, 4) is 0 Å². The lowest BCUT2D eigenvalue weighted by Crippen LogP contribution is -2.31. The van der Waals surface area contributed by atoms with Gasteiger partial charge in [0, 0.05) is 23.4 Å². The summed E-state index contributed by atoms with van der Waals surface area (Å²) in [6, 6.07) is 13.0. The van der Waals surface area contributed by atoms with Crippen LogP contribution in [0.15, 0.2) is 48.5 Å². The van der Waals surface area contributed by atoms with E-state index in [4.69, 9.17) is 5.73 Å². The van der Waals surface area contributed by atoms with Crippen molar-refractivity contribution >= 4 is 29.7 Å². The van der Waals surface area contributed by atoms with Crippen LogP contribution in [0, 0.1) is 10.1 Å². The Balaban J connectivity index is 0.00000176. The standard InChI is InChI=1S/C15H13N3O3.ClH/c16-14-12-8-11(18(20)21)6-7-13(12)17(15(14)19)9-10-4-2-1-3-5-10;/h1-8,14H,9,16H2;1H. The minimum absolute atomic E-state index is 0. The van der Waals surface area contributed by atoms with Crippen molar-refractivity contribution in [3.05, 3.63) is 69.8 Å². The highest BCUT2D eigenvalue weighted by Gasteiger charge is 2.35. The number of non-ortho nitro benzene ring substituents is 1. The normalized spacial score (nSPS) is 16.1. The lowest BCUT2D eigenvalue weighted by atomic mass is 10.1. The molecule has 2 aromatic rings. The van der Waals surface area contributed by atoms with Gasteiger partial charge in [-0.15, -0.1) is 12.4 Å². The summed E-state index contributed by atoms with van der Waals surface area (Å²) in [7, 11) is 0. The number of nitro benzene ring substituents is 1. The number of hydrogen-bond acceptors (Lipinski definition) is 4. The first-order chi connectivity index (χ1) is 10.1. The molecule has 114 valence electrons. The minimum atomic E-state index is -0.844. The first-order valence-electron chi connectivity index (χ1n) is 6.47. The molecule has 1 aliphatic rings. The fourth-order valence-corrected chi connectivity index (χ4v) is 2.50. The summed E-state index contributed by atoms with van der Waals surface area (Å²) in [6.45, 7) is 0.401. The smallest absolute Gasteiger partial charge is 0.269 e. The van der Waals surface area contributed by atoms with Gasteiger partial charge >= 0.3 is 0 Å². The molecule has 2 N–H and O–H groups in total. The quantitative estimate of drug-likeness (QED) is 0.695. The first kappa shape index (κ1) is 15.9. The lowest BCUT2D eigenvalue weighted by Gasteiger charge is -2.17. The molecule has 7 heteroatoms. The molecule has 1 amide bonds. The molecule has 0 saturated carbocycles. The molecular formula is C15H14ClN3O3. The maximum atomic E-state index is 12.3. The van der Waals surface area contributed by atoms with E-state index >= 15 is 0 Å². The van der Waals surface area contributed by atoms with Crippen LogP contribution in [-0.4, -0.2) is 10.8 Å². The largest absolute Gasteiger partial charge is 0.316 e. The van der Waals surface area contributed by atoms with Gasteiger partial charge in [-0.1, -0.05) is 30.3 Å². The molecule has 1 unspecified atom stereocenters. The molecule has 0 spiro atoms. The fraction of sp³-hybridized carbons (Fsp3) is 0.133. The fourth-order valence-electron chi connectivity index (χ4n) is 2.50. The van der Waals surface area contributed by atoms with Crippen LogP contribution in [0.4, 0.5) is 11.4 Å². The third-order valence-electron chi connectivity index (χ3n) is 3.56. The minimum Gasteiger partial charge on any atom is -0.316 e. The van der Waals surface area contributed by atoms with E-state index in [0.717, 1.165) is 5.56 Å². The predicted octanol–water partition coefficient (Wildman–Crippen LogP) is 2.56. The number of nitrogens with two attached hydrogens (primary N) is 1.